The predicted octanol–water partition coefficient (Wildman–Crippen LogP) is -0.0718. The van der Waals surface area contributed by atoms with Crippen LogP contribution in [0.3, 0.4) is 0 Å². The summed E-state index contributed by atoms with van der Waals surface area (Å²) in [4.78, 5) is 14.0. The largest absolute Gasteiger partial charge is 0.481 e. The number of carbonyl (C=O) groups is 1. The Morgan fingerprint density at radius 3 is 2.92 bits per heavy atom. The van der Waals surface area contributed by atoms with Gasteiger partial charge in [-0.3, -0.25) is 4.79 Å². The summed E-state index contributed by atoms with van der Waals surface area (Å²) in [7, 11) is 1.75. The fourth-order valence-corrected chi connectivity index (χ4v) is 0.875. The highest BCUT2D eigenvalue weighted by atomic mass is 16.4. The van der Waals surface area contributed by atoms with Crippen LogP contribution in [0.2, 0.25) is 0 Å². The molecule has 1 rings (SSSR count). The first-order valence-electron chi connectivity index (χ1n) is 3.47. The van der Waals surface area contributed by atoms with Gasteiger partial charge in [-0.05, 0) is 0 Å². The van der Waals surface area contributed by atoms with Crippen LogP contribution in [0.15, 0.2) is 12.5 Å². The van der Waals surface area contributed by atoms with E-state index in [0.29, 0.717) is 5.69 Å². The van der Waals surface area contributed by atoms with Crippen molar-refractivity contribution < 1.29 is 15.0 Å². The van der Waals surface area contributed by atoms with E-state index in [9.17, 15) is 9.90 Å². The number of hydrogen-bond donors (Lipinski definition) is 2. The second kappa shape index (κ2) is 3.36. The van der Waals surface area contributed by atoms with Crippen LogP contribution in [0.1, 0.15) is 18.2 Å². The molecule has 5 nitrogen and oxygen atoms in total. The third kappa shape index (κ3) is 2.06. The number of imidazole rings is 1. The molecule has 66 valence electrons. The van der Waals surface area contributed by atoms with Gasteiger partial charge in [-0.1, -0.05) is 0 Å². The Bertz CT molecular complexity index is 282. The van der Waals surface area contributed by atoms with Crippen LogP contribution < -0.4 is 0 Å². The van der Waals surface area contributed by atoms with E-state index in [1.165, 1.54) is 6.33 Å². The first-order chi connectivity index (χ1) is 5.59. The number of aryl methyl sites for hydroxylation is 1. The van der Waals surface area contributed by atoms with E-state index in [-0.39, 0.29) is 6.42 Å². The maximum Gasteiger partial charge on any atom is 0.306 e. The highest BCUT2D eigenvalue weighted by Gasteiger charge is 2.13. The average molecular weight is 170 g/mol. The summed E-state index contributed by atoms with van der Waals surface area (Å²) in [6.07, 6.45) is 1.79. The summed E-state index contributed by atoms with van der Waals surface area (Å²) in [6.45, 7) is 0. The lowest BCUT2D eigenvalue weighted by molar-refractivity contribution is -0.139. The fourth-order valence-electron chi connectivity index (χ4n) is 0.875. The van der Waals surface area contributed by atoms with Crippen molar-refractivity contribution in [2.75, 3.05) is 0 Å². The van der Waals surface area contributed by atoms with Gasteiger partial charge in [-0.25, -0.2) is 4.98 Å². The molecule has 0 spiro atoms. The minimum absolute atomic E-state index is 0.309. The molecular weight excluding hydrogens is 160 g/mol. The first kappa shape index (κ1) is 8.73. The zero-order valence-electron chi connectivity index (χ0n) is 6.64. The zero-order chi connectivity index (χ0) is 9.14. The van der Waals surface area contributed by atoms with Crippen LogP contribution in [0.4, 0.5) is 0 Å². The van der Waals surface area contributed by atoms with Crippen LogP contribution in [-0.2, 0) is 11.8 Å². The van der Waals surface area contributed by atoms with E-state index >= 15 is 0 Å². The molecule has 0 unspecified atom stereocenters. The summed E-state index contributed by atoms with van der Waals surface area (Å²) >= 11 is 0. The molecule has 2 N–H and O–H groups in total. The van der Waals surface area contributed by atoms with Gasteiger partial charge < -0.3 is 14.8 Å². The molecule has 0 amide bonds. The van der Waals surface area contributed by atoms with Crippen molar-refractivity contribution in [3.63, 3.8) is 0 Å². The number of hydrogen-bond acceptors (Lipinski definition) is 3. The third-order valence-corrected chi connectivity index (χ3v) is 1.43. The quantitative estimate of drug-likeness (QED) is 0.665. The predicted molar refractivity (Wildman–Crippen MR) is 40.4 cm³/mol. The number of nitrogens with zero attached hydrogens (tertiary/aromatic N) is 2. The lowest BCUT2D eigenvalue weighted by atomic mass is 10.2. The van der Waals surface area contributed by atoms with Gasteiger partial charge in [-0.2, -0.15) is 0 Å². The van der Waals surface area contributed by atoms with Crippen molar-refractivity contribution in [2.45, 2.75) is 12.5 Å². The Hall–Kier alpha value is -1.36. The minimum atomic E-state index is -1.03. The standard InChI is InChI=1S/C7H10N2O3/c1-9-3-5(8-4-9)6(10)2-7(11)12/h3-4,6,10H,2H2,1H3,(H,11,12)/t6-/m1/s1. The van der Waals surface area contributed by atoms with Gasteiger partial charge in [0.15, 0.2) is 0 Å². The molecule has 0 bridgehead atoms. The molecule has 0 aliphatic heterocycles. The molecule has 0 radical (unpaired) electrons. The summed E-state index contributed by atoms with van der Waals surface area (Å²) in [5, 5.41) is 17.6. The number of aliphatic hydroxyl groups excluding tert-OH is 1. The smallest absolute Gasteiger partial charge is 0.306 e. The molecule has 0 aliphatic carbocycles. The van der Waals surface area contributed by atoms with Crippen molar-refractivity contribution in [2.24, 2.45) is 7.05 Å². The van der Waals surface area contributed by atoms with Crippen molar-refractivity contribution in [1.29, 1.82) is 0 Å². The summed E-state index contributed by atoms with van der Waals surface area (Å²) < 4.78 is 1.65. The maximum absolute atomic E-state index is 10.2. The monoisotopic (exact) mass is 170 g/mol. The van der Waals surface area contributed by atoms with Crippen molar-refractivity contribution in [1.82, 2.24) is 9.55 Å². The molecule has 0 fully saturated rings. The van der Waals surface area contributed by atoms with E-state index in [1.807, 2.05) is 0 Å². The van der Waals surface area contributed by atoms with Crippen LogP contribution in [0.5, 0.6) is 0 Å². The second-order valence-electron chi connectivity index (χ2n) is 2.58. The van der Waals surface area contributed by atoms with E-state index in [0.717, 1.165) is 0 Å². The molecular formula is C7H10N2O3. The molecule has 1 aromatic rings. The molecule has 1 heterocycles. The van der Waals surface area contributed by atoms with Crippen molar-refractivity contribution in [3.8, 4) is 0 Å². The summed E-state index contributed by atoms with van der Waals surface area (Å²) in [5.41, 5.74) is 0.389. The third-order valence-electron chi connectivity index (χ3n) is 1.43. The maximum atomic E-state index is 10.2. The summed E-state index contributed by atoms with van der Waals surface area (Å²) in [6, 6.07) is 0. The fraction of sp³-hybridized carbons (Fsp3) is 0.429. The first-order valence-corrected chi connectivity index (χ1v) is 3.47. The molecule has 0 aliphatic rings. The Kier molecular flexibility index (Phi) is 2.44. The normalized spacial score (nSPS) is 12.8. The van der Waals surface area contributed by atoms with Gasteiger partial charge in [0.1, 0.15) is 6.10 Å². The Morgan fingerprint density at radius 1 is 1.83 bits per heavy atom. The number of aliphatic carboxylic acids is 1. The Labute approximate surface area is 69.3 Å². The van der Waals surface area contributed by atoms with E-state index in [1.54, 1.807) is 17.8 Å². The highest BCUT2D eigenvalue weighted by molar-refractivity contribution is 5.67. The van der Waals surface area contributed by atoms with E-state index in [2.05, 4.69) is 4.98 Å². The number of carboxylic acids is 1. The Balaban J connectivity index is 2.64. The minimum Gasteiger partial charge on any atom is -0.481 e. The van der Waals surface area contributed by atoms with E-state index in [4.69, 9.17) is 5.11 Å². The van der Waals surface area contributed by atoms with Crippen LogP contribution in [0, 0.1) is 0 Å². The Morgan fingerprint density at radius 2 is 2.50 bits per heavy atom. The van der Waals surface area contributed by atoms with Gasteiger partial charge in [0.25, 0.3) is 0 Å². The van der Waals surface area contributed by atoms with Gasteiger partial charge in [0, 0.05) is 13.2 Å². The topological polar surface area (TPSA) is 75.3 Å². The zero-order valence-corrected chi connectivity index (χ0v) is 6.64. The average Bonchev–Trinajstić information content (AvgIpc) is 2.34. The molecule has 1 aromatic heterocycles. The molecule has 0 aromatic carbocycles. The SMILES string of the molecule is Cn1cnc([C@H](O)CC(=O)O)c1. The second-order valence-corrected chi connectivity index (χ2v) is 2.58. The molecule has 0 saturated carbocycles. The summed E-state index contributed by atoms with van der Waals surface area (Å²) in [5.74, 6) is -1.03. The van der Waals surface area contributed by atoms with E-state index < -0.39 is 12.1 Å². The van der Waals surface area contributed by atoms with Crippen LogP contribution in [-0.4, -0.2) is 25.7 Å². The number of aliphatic hydroxyl groups is 1. The molecule has 5 heteroatoms. The highest BCUT2D eigenvalue weighted by Crippen LogP contribution is 2.12. The molecule has 12 heavy (non-hydrogen) atoms. The lowest BCUT2D eigenvalue weighted by Crippen LogP contribution is -2.05. The van der Waals surface area contributed by atoms with Crippen molar-refractivity contribution >= 4 is 5.97 Å². The van der Waals surface area contributed by atoms with Gasteiger partial charge in [-0.15, -0.1) is 0 Å². The van der Waals surface area contributed by atoms with Gasteiger partial charge in [0.05, 0.1) is 18.4 Å². The van der Waals surface area contributed by atoms with Crippen LogP contribution in [0.25, 0.3) is 0 Å². The van der Waals surface area contributed by atoms with Crippen LogP contribution >= 0.6 is 0 Å². The van der Waals surface area contributed by atoms with Crippen molar-refractivity contribution in [3.05, 3.63) is 18.2 Å². The number of rotatable bonds is 3. The lowest BCUT2D eigenvalue weighted by Gasteiger charge is -2.02. The molecule has 1 atom stereocenters. The molecule has 0 saturated heterocycles. The number of carboxylic acid groups (broad SMARTS) is 1. The van der Waals surface area contributed by atoms with Gasteiger partial charge >= 0.3 is 5.97 Å². The van der Waals surface area contributed by atoms with Gasteiger partial charge in [0.2, 0.25) is 0 Å². The number of aromatic nitrogens is 2.